The number of carbonyl (C=O) groups excluding carboxylic acids is 2. The number of rotatable bonds is 9. The summed E-state index contributed by atoms with van der Waals surface area (Å²) in [6, 6.07) is 14.5. The molecule has 0 saturated carbocycles. The average molecular weight is 414 g/mol. The molecule has 2 aromatic carbocycles. The van der Waals surface area contributed by atoms with Gasteiger partial charge in [0.15, 0.2) is 0 Å². The molecule has 152 valence electrons. The summed E-state index contributed by atoms with van der Waals surface area (Å²) in [5.74, 6) is -0.348. The number of benzene rings is 2. The minimum Gasteiger partial charge on any atom is -0.353 e. The number of hydrogen-bond donors (Lipinski definition) is 2. The fraction of sp³-hybridized carbons (Fsp3) is 0.318. The molecule has 0 aliphatic rings. The topological polar surface area (TPSA) is 82.0 Å². The van der Waals surface area contributed by atoms with Gasteiger partial charge in [-0.15, -0.1) is 0 Å². The Bertz CT molecular complexity index is 896. The van der Waals surface area contributed by atoms with Crippen LogP contribution in [0.4, 0.5) is 4.39 Å². The summed E-state index contributed by atoms with van der Waals surface area (Å²) in [5, 5.41) is 14.5. The van der Waals surface area contributed by atoms with E-state index >= 15 is 0 Å². The van der Waals surface area contributed by atoms with Crippen LogP contribution in [0.15, 0.2) is 48.5 Å². The molecule has 0 saturated heterocycles. The normalized spacial score (nSPS) is 11.6. The standard InChI is InChI=1S/C22H24FN3O2S/c1-15(2)20(26-21(27)18-9-5-6-10-19(18)23)22(28)25-11-12-29-14-17-8-4-3-7-16(17)13-24/h3-10,15,20H,11-12,14H2,1-2H3,(H,25,28)(H,26,27)/t20-/m0/s1. The molecule has 2 rings (SSSR count). The Balaban J connectivity index is 1.83. The van der Waals surface area contributed by atoms with Crippen molar-refractivity contribution in [3.8, 4) is 6.07 Å². The van der Waals surface area contributed by atoms with E-state index in [4.69, 9.17) is 5.26 Å². The molecule has 1 atom stereocenters. The molecule has 0 heterocycles. The number of nitrogens with one attached hydrogen (secondary N) is 2. The summed E-state index contributed by atoms with van der Waals surface area (Å²) in [5.41, 5.74) is 1.53. The lowest BCUT2D eigenvalue weighted by Crippen LogP contribution is -2.50. The maximum Gasteiger partial charge on any atom is 0.254 e. The van der Waals surface area contributed by atoms with Crippen LogP contribution in [0.3, 0.4) is 0 Å². The number of hydrogen-bond acceptors (Lipinski definition) is 4. The summed E-state index contributed by atoms with van der Waals surface area (Å²) in [6.07, 6.45) is 0. The smallest absolute Gasteiger partial charge is 0.254 e. The second-order valence-electron chi connectivity index (χ2n) is 6.79. The van der Waals surface area contributed by atoms with Gasteiger partial charge in [0.25, 0.3) is 5.91 Å². The van der Waals surface area contributed by atoms with Crippen molar-refractivity contribution in [3.63, 3.8) is 0 Å². The Morgan fingerprint density at radius 1 is 1.14 bits per heavy atom. The lowest BCUT2D eigenvalue weighted by molar-refractivity contribution is -0.123. The van der Waals surface area contributed by atoms with Crippen molar-refractivity contribution in [1.29, 1.82) is 5.26 Å². The lowest BCUT2D eigenvalue weighted by Gasteiger charge is -2.22. The number of nitriles is 1. The lowest BCUT2D eigenvalue weighted by atomic mass is 10.0. The van der Waals surface area contributed by atoms with E-state index < -0.39 is 17.8 Å². The van der Waals surface area contributed by atoms with E-state index in [2.05, 4.69) is 16.7 Å². The van der Waals surface area contributed by atoms with Crippen LogP contribution < -0.4 is 10.6 Å². The molecule has 2 amide bonds. The van der Waals surface area contributed by atoms with Gasteiger partial charge in [0.2, 0.25) is 5.91 Å². The van der Waals surface area contributed by atoms with Gasteiger partial charge in [-0.25, -0.2) is 4.39 Å². The highest BCUT2D eigenvalue weighted by atomic mass is 32.2. The Hall–Kier alpha value is -2.85. The van der Waals surface area contributed by atoms with Crippen LogP contribution in [-0.2, 0) is 10.5 Å². The van der Waals surface area contributed by atoms with E-state index in [-0.39, 0.29) is 17.4 Å². The number of thioether (sulfide) groups is 1. The summed E-state index contributed by atoms with van der Waals surface area (Å²) < 4.78 is 13.8. The van der Waals surface area contributed by atoms with E-state index in [1.165, 1.54) is 18.2 Å². The van der Waals surface area contributed by atoms with Crippen molar-refractivity contribution >= 4 is 23.6 Å². The first-order chi connectivity index (χ1) is 13.9. The highest BCUT2D eigenvalue weighted by Gasteiger charge is 2.25. The van der Waals surface area contributed by atoms with Gasteiger partial charge in [-0.2, -0.15) is 17.0 Å². The van der Waals surface area contributed by atoms with Crippen LogP contribution in [0.2, 0.25) is 0 Å². The van der Waals surface area contributed by atoms with Gasteiger partial charge >= 0.3 is 0 Å². The zero-order chi connectivity index (χ0) is 21.2. The van der Waals surface area contributed by atoms with E-state index in [1.807, 2.05) is 32.0 Å². The number of carbonyl (C=O) groups is 2. The zero-order valence-electron chi connectivity index (χ0n) is 16.4. The van der Waals surface area contributed by atoms with Crippen LogP contribution in [0.5, 0.6) is 0 Å². The van der Waals surface area contributed by atoms with Gasteiger partial charge in [0.05, 0.1) is 17.2 Å². The molecule has 7 heteroatoms. The molecule has 0 spiro atoms. The second kappa shape index (κ2) is 11.2. The van der Waals surface area contributed by atoms with E-state index in [1.54, 1.807) is 23.9 Å². The average Bonchev–Trinajstić information content (AvgIpc) is 2.71. The Kier molecular flexibility index (Phi) is 8.68. The quantitative estimate of drug-likeness (QED) is 0.617. The Morgan fingerprint density at radius 2 is 1.83 bits per heavy atom. The number of amides is 2. The predicted molar refractivity (Wildman–Crippen MR) is 113 cm³/mol. The molecule has 2 N–H and O–H groups in total. The van der Waals surface area contributed by atoms with Gasteiger partial charge in [-0.3, -0.25) is 9.59 Å². The first-order valence-corrected chi connectivity index (χ1v) is 10.5. The van der Waals surface area contributed by atoms with Crippen molar-refractivity contribution in [1.82, 2.24) is 10.6 Å². The van der Waals surface area contributed by atoms with E-state index in [0.29, 0.717) is 23.6 Å². The van der Waals surface area contributed by atoms with Gasteiger partial charge in [-0.05, 0) is 29.7 Å². The van der Waals surface area contributed by atoms with Crippen molar-refractivity contribution < 1.29 is 14.0 Å². The van der Waals surface area contributed by atoms with E-state index in [9.17, 15) is 14.0 Å². The van der Waals surface area contributed by atoms with Crippen molar-refractivity contribution in [2.24, 2.45) is 5.92 Å². The molecule has 0 aliphatic carbocycles. The van der Waals surface area contributed by atoms with Gasteiger partial charge in [-0.1, -0.05) is 44.2 Å². The van der Waals surface area contributed by atoms with Crippen molar-refractivity contribution in [2.45, 2.75) is 25.6 Å². The molecule has 0 aliphatic heterocycles. The summed E-state index contributed by atoms with van der Waals surface area (Å²) >= 11 is 1.61. The van der Waals surface area contributed by atoms with Crippen LogP contribution in [0.1, 0.15) is 35.3 Å². The van der Waals surface area contributed by atoms with Crippen molar-refractivity contribution in [2.75, 3.05) is 12.3 Å². The molecule has 29 heavy (non-hydrogen) atoms. The summed E-state index contributed by atoms with van der Waals surface area (Å²) in [4.78, 5) is 24.8. The SMILES string of the molecule is CC(C)[C@H](NC(=O)c1ccccc1F)C(=O)NCCSCc1ccccc1C#N. The molecule has 0 aromatic heterocycles. The third-order valence-electron chi connectivity index (χ3n) is 4.30. The molecule has 0 bridgehead atoms. The fourth-order valence-electron chi connectivity index (χ4n) is 2.69. The van der Waals surface area contributed by atoms with Gasteiger partial charge in [0.1, 0.15) is 11.9 Å². The third kappa shape index (κ3) is 6.61. The first-order valence-electron chi connectivity index (χ1n) is 9.33. The maximum absolute atomic E-state index is 13.8. The largest absolute Gasteiger partial charge is 0.353 e. The molecule has 2 aromatic rings. The molecule has 0 fully saturated rings. The Labute approximate surface area is 174 Å². The molecular weight excluding hydrogens is 389 g/mol. The molecule has 0 unspecified atom stereocenters. The highest BCUT2D eigenvalue weighted by molar-refractivity contribution is 7.98. The van der Waals surface area contributed by atoms with E-state index in [0.717, 1.165) is 5.56 Å². The third-order valence-corrected chi connectivity index (χ3v) is 5.30. The zero-order valence-corrected chi connectivity index (χ0v) is 17.3. The fourth-order valence-corrected chi connectivity index (χ4v) is 3.56. The van der Waals surface area contributed by atoms with Crippen LogP contribution >= 0.6 is 11.8 Å². The summed E-state index contributed by atoms with van der Waals surface area (Å²) in [7, 11) is 0. The van der Waals surface area contributed by atoms with Crippen LogP contribution in [-0.4, -0.2) is 30.2 Å². The van der Waals surface area contributed by atoms with Crippen LogP contribution in [0.25, 0.3) is 0 Å². The molecule has 5 nitrogen and oxygen atoms in total. The van der Waals surface area contributed by atoms with Crippen molar-refractivity contribution in [3.05, 3.63) is 71.0 Å². The minimum atomic E-state index is -0.758. The molecular formula is C22H24FN3O2S. The van der Waals surface area contributed by atoms with Crippen LogP contribution in [0, 0.1) is 23.1 Å². The monoisotopic (exact) mass is 413 g/mol. The Morgan fingerprint density at radius 3 is 2.52 bits per heavy atom. The number of nitrogens with zero attached hydrogens (tertiary/aromatic N) is 1. The maximum atomic E-state index is 13.8. The second-order valence-corrected chi connectivity index (χ2v) is 7.89. The first kappa shape index (κ1) is 22.4. The predicted octanol–water partition coefficient (Wildman–Crippen LogP) is 3.50. The van der Waals surface area contributed by atoms with Gasteiger partial charge in [0, 0.05) is 18.1 Å². The number of halogens is 1. The highest BCUT2D eigenvalue weighted by Crippen LogP contribution is 2.15. The molecule has 0 radical (unpaired) electrons. The summed E-state index contributed by atoms with van der Waals surface area (Å²) in [6.45, 7) is 4.07. The minimum absolute atomic E-state index is 0.0855. The van der Waals surface area contributed by atoms with Gasteiger partial charge < -0.3 is 10.6 Å².